The van der Waals surface area contributed by atoms with E-state index in [1.54, 1.807) is 18.5 Å². The molecule has 1 aromatic carbocycles. The Bertz CT molecular complexity index is 456. The molecule has 0 aliphatic heterocycles. The summed E-state index contributed by atoms with van der Waals surface area (Å²) >= 11 is 1.46. The van der Waals surface area contributed by atoms with Crippen LogP contribution in [0.1, 0.15) is 5.56 Å². The lowest BCUT2D eigenvalue weighted by atomic mass is 10.2. The van der Waals surface area contributed by atoms with Crippen molar-refractivity contribution in [3.8, 4) is 6.07 Å². The van der Waals surface area contributed by atoms with Crippen molar-refractivity contribution >= 4 is 11.8 Å². The standard InChI is InChI=1S/C10H7N3S/c11-7-8-3-1-2-4-9(8)14-10-12-5-6-13-10/h1-6H,(H,12,13). The molecule has 1 N–H and O–H groups in total. The number of nitrogens with zero attached hydrogens (tertiary/aromatic N) is 2. The van der Waals surface area contributed by atoms with E-state index in [0.717, 1.165) is 10.1 Å². The number of aromatic nitrogens is 2. The second-order valence-electron chi connectivity index (χ2n) is 2.60. The second kappa shape index (κ2) is 3.99. The predicted molar refractivity (Wildman–Crippen MR) is 53.9 cm³/mol. The Kier molecular flexibility index (Phi) is 2.52. The number of benzene rings is 1. The molecular formula is C10H7N3S. The highest BCUT2D eigenvalue weighted by Gasteiger charge is 2.03. The average molecular weight is 201 g/mol. The number of hydrogen-bond donors (Lipinski definition) is 1. The van der Waals surface area contributed by atoms with E-state index in [2.05, 4.69) is 16.0 Å². The lowest BCUT2D eigenvalue weighted by Crippen LogP contribution is -1.81. The van der Waals surface area contributed by atoms with Gasteiger partial charge in [0, 0.05) is 17.3 Å². The van der Waals surface area contributed by atoms with Crippen molar-refractivity contribution in [2.75, 3.05) is 0 Å². The first-order valence-electron chi connectivity index (χ1n) is 4.06. The molecule has 0 fully saturated rings. The van der Waals surface area contributed by atoms with Crippen molar-refractivity contribution in [2.24, 2.45) is 0 Å². The van der Waals surface area contributed by atoms with Gasteiger partial charge in [-0.25, -0.2) is 4.98 Å². The molecule has 0 saturated carbocycles. The van der Waals surface area contributed by atoms with Crippen molar-refractivity contribution in [1.82, 2.24) is 9.97 Å². The van der Waals surface area contributed by atoms with Gasteiger partial charge in [-0.3, -0.25) is 0 Å². The SMILES string of the molecule is N#Cc1ccccc1Sc1ncc[nH]1. The van der Waals surface area contributed by atoms with Crippen molar-refractivity contribution in [1.29, 1.82) is 5.26 Å². The molecule has 68 valence electrons. The summed E-state index contributed by atoms with van der Waals surface area (Å²) in [5.41, 5.74) is 0.675. The van der Waals surface area contributed by atoms with E-state index in [9.17, 15) is 0 Å². The first-order valence-corrected chi connectivity index (χ1v) is 4.88. The van der Waals surface area contributed by atoms with E-state index in [4.69, 9.17) is 5.26 Å². The molecule has 14 heavy (non-hydrogen) atoms. The summed E-state index contributed by atoms with van der Waals surface area (Å²) in [6.45, 7) is 0. The van der Waals surface area contributed by atoms with Crippen molar-refractivity contribution < 1.29 is 0 Å². The molecule has 2 aromatic rings. The summed E-state index contributed by atoms with van der Waals surface area (Å²) < 4.78 is 0. The molecule has 0 aliphatic carbocycles. The quantitative estimate of drug-likeness (QED) is 0.811. The van der Waals surface area contributed by atoms with Crippen LogP contribution in [0.5, 0.6) is 0 Å². The minimum Gasteiger partial charge on any atom is -0.339 e. The lowest BCUT2D eigenvalue weighted by Gasteiger charge is -1.99. The third-order valence-corrected chi connectivity index (χ3v) is 2.68. The maximum atomic E-state index is 8.85. The Balaban J connectivity index is 2.30. The summed E-state index contributed by atoms with van der Waals surface area (Å²) in [6, 6.07) is 9.61. The molecule has 0 spiro atoms. The fourth-order valence-corrected chi connectivity index (χ4v) is 1.88. The van der Waals surface area contributed by atoms with Crippen LogP contribution in [0.15, 0.2) is 46.7 Å². The Labute approximate surface area is 85.8 Å². The van der Waals surface area contributed by atoms with Crippen LogP contribution in [0, 0.1) is 11.3 Å². The summed E-state index contributed by atoms with van der Waals surface area (Å²) in [4.78, 5) is 7.99. The normalized spacial score (nSPS) is 9.64. The van der Waals surface area contributed by atoms with Gasteiger partial charge in [0.1, 0.15) is 6.07 Å². The van der Waals surface area contributed by atoms with E-state index in [-0.39, 0.29) is 0 Å². The average Bonchev–Trinajstić information content (AvgIpc) is 2.71. The van der Waals surface area contributed by atoms with E-state index < -0.39 is 0 Å². The topological polar surface area (TPSA) is 52.5 Å². The highest BCUT2D eigenvalue weighted by atomic mass is 32.2. The Morgan fingerprint density at radius 1 is 1.36 bits per heavy atom. The molecule has 0 amide bonds. The van der Waals surface area contributed by atoms with Gasteiger partial charge < -0.3 is 4.98 Å². The number of hydrogen-bond acceptors (Lipinski definition) is 3. The van der Waals surface area contributed by atoms with Crippen LogP contribution in [0.4, 0.5) is 0 Å². The van der Waals surface area contributed by atoms with Gasteiger partial charge in [0.15, 0.2) is 5.16 Å². The zero-order valence-electron chi connectivity index (χ0n) is 7.27. The van der Waals surface area contributed by atoms with Crippen LogP contribution in [0.25, 0.3) is 0 Å². The molecule has 2 rings (SSSR count). The molecule has 0 saturated heterocycles. The van der Waals surface area contributed by atoms with Crippen molar-refractivity contribution in [3.63, 3.8) is 0 Å². The smallest absolute Gasteiger partial charge is 0.170 e. The highest BCUT2D eigenvalue weighted by Crippen LogP contribution is 2.26. The second-order valence-corrected chi connectivity index (χ2v) is 3.64. The van der Waals surface area contributed by atoms with Crippen LogP contribution in [0.3, 0.4) is 0 Å². The van der Waals surface area contributed by atoms with Gasteiger partial charge >= 0.3 is 0 Å². The maximum Gasteiger partial charge on any atom is 0.170 e. The van der Waals surface area contributed by atoms with Crippen LogP contribution in [-0.4, -0.2) is 9.97 Å². The number of H-pyrrole nitrogens is 1. The zero-order chi connectivity index (χ0) is 9.80. The highest BCUT2D eigenvalue weighted by molar-refractivity contribution is 7.99. The van der Waals surface area contributed by atoms with Crippen molar-refractivity contribution in [3.05, 3.63) is 42.2 Å². The van der Waals surface area contributed by atoms with Crippen LogP contribution in [0.2, 0.25) is 0 Å². The molecule has 0 atom stereocenters. The first-order chi connectivity index (χ1) is 6.90. The minimum atomic E-state index is 0.675. The molecular weight excluding hydrogens is 194 g/mol. The van der Waals surface area contributed by atoms with Gasteiger partial charge in [-0.05, 0) is 12.1 Å². The molecule has 1 heterocycles. The molecule has 0 radical (unpaired) electrons. The summed E-state index contributed by atoms with van der Waals surface area (Å²) in [5, 5.41) is 9.65. The van der Waals surface area contributed by atoms with Gasteiger partial charge in [-0.1, -0.05) is 23.9 Å². The van der Waals surface area contributed by atoms with Crippen molar-refractivity contribution in [2.45, 2.75) is 10.1 Å². The van der Waals surface area contributed by atoms with Crippen LogP contribution >= 0.6 is 11.8 Å². The lowest BCUT2D eigenvalue weighted by molar-refractivity contribution is 1.06. The Hall–Kier alpha value is -1.73. The van der Waals surface area contributed by atoms with Gasteiger partial charge in [0.05, 0.1) is 5.56 Å². The van der Waals surface area contributed by atoms with Gasteiger partial charge in [0.25, 0.3) is 0 Å². The maximum absolute atomic E-state index is 8.85. The zero-order valence-corrected chi connectivity index (χ0v) is 8.08. The summed E-state index contributed by atoms with van der Waals surface area (Å²) in [7, 11) is 0. The largest absolute Gasteiger partial charge is 0.339 e. The third-order valence-electron chi connectivity index (χ3n) is 1.69. The van der Waals surface area contributed by atoms with E-state index in [1.165, 1.54) is 11.8 Å². The summed E-state index contributed by atoms with van der Waals surface area (Å²) in [5.74, 6) is 0. The van der Waals surface area contributed by atoms with Crippen LogP contribution in [-0.2, 0) is 0 Å². The number of imidazole rings is 1. The van der Waals surface area contributed by atoms with Gasteiger partial charge in [0.2, 0.25) is 0 Å². The van der Waals surface area contributed by atoms with E-state index in [1.807, 2.05) is 18.2 Å². The molecule has 0 unspecified atom stereocenters. The molecule has 4 heteroatoms. The molecule has 1 aromatic heterocycles. The Morgan fingerprint density at radius 2 is 2.21 bits per heavy atom. The van der Waals surface area contributed by atoms with E-state index >= 15 is 0 Å². The number of rotatable bonds is 2. The first kappa shape index (κ1) is 8.85. The van der Waals surface area contributed by atoms with Gasteiger partial charge in [-0.2, -0.15) is 5.26 Å². The fourth-order valence-electron chi connectivity index (χ4n) is 1.06. The van der Waals surface area contributed by atoms with Gasteiger partial charge in [-0.15, -0.1) is 0 Å². The monoisotopic (exact) mass is 201 g/mol. The number of nitriles is 1. The molecule has 0 aliphatic rings. The summed E-state index contributed by atoms with van der Waals surface area (Å²) in [6.07, 6.45) is 3.45. The Morgan fingerprint density at radius 3 is 2.93 bits per heavy atom. The predicted octanol–water partition coefficient (Wildman–Crippen LogP) is 2.43. The minimum absolute atomic E-state index is 0.675. The van der Waals surface area contributed by atoms with E-state index in [0.29, 0.717) is 5.56 Å². The molecule has 0 bridgehead atoms. The number of nitrogens with one attached hydrogen (secondary N) is 1. The number of aromatic amines is 1. The third kappa shape index (κ3) is 1.78. The fraction of sp³-hybridized carbons (Fsp3) is 0. The van der Waals surface area contributed by atoms with Crippen LogP contribution < -0.4 is 0 Å². The molecule has 3 nitrogen and oxygen atoms in total.